The number of amides is 1. The Morgan fingerprint density at radius 1 is 1.14 bits per heavy atom. The molecular formula is C26H21ClN8O2. The molecule has 0 radical (unpaired) electrons. The predicted molar refractivity (Wildman–Crippen MR) is 139 cm³/mol. The summed E-state index contributed by atoms with van der Waals surface area (Å²) in [7, 11) is 0. The van der Waals surface area contributed by atoms with Gasteiger partial charge in [-0.25, -0.2) is 4.98 Å². The number of aromatic amines is 1. The zero-order valence-electron chi connectivity index (χ0n) is 19.7. The highest BCUT2D eigenvalue weighted by Crippen LogP contribution is 2.35. The first-order valence-corrected chi connectivity index (χ1v) is 12.1. The normalized spacial score (nSPS) is 14.5. The number of H-pyrrole nitrogens is 1. The first-order valence-electron chi connectivity index (χ1n) is 11.7. The van der Waals surface area contributed by atoms with Crippen molar-refractivity contribution in [1.82, 2.24) is 34.7 Å². The van der Waals surface area contributed by atoms with E-state index in [2.05, 4.69) is 30.8 Å². The van der Waals surface area contributed by atoms with E-state index in [1.54, 1.807) is 27.6 Å². The summed E-state index contributed by atoms with van der Waals surface area (Å²) >= 11 is 6.30. The fourth-order valence-corrected chi connectivity index (χ4v) is 5.05. The van der Waals surface area contributed by atoms with Crippen LogP contribution in [0.5, 0.6) is 0 Å². The third-order valence-electron chi connectivity index (χ3n) is 6.44. The number of imidazole rings is 1. The molecule has 5 aromatic rings. The van der Waals surface area contributed by atoms with Gasteiger partial charge in [-0.1, -0.05) is 29.8 Å². The number of nitrogens with zero attached hydrogens (tertiary/aromatic N) is 6. The van der Waals surface area contributed by atoms with E-state index in [1.165, 1.54) is 13.3 Å². The van der Waals surface area contributed by atoms with Crippen molar-refractivity contribution >= 4 is 23.2 Å². The van der Waals surface area contributed by atoms with E-state index in [0.29, 0.717) is 23.0 Å². The Kier molecular flexibility index (Phi) is 5.65. The molecule has 0 aliphatic carbocycles. The van der Waals surface area contributed by atoms with Crippen molar-refractivity contribution < 1.29 is 4.79 Å². The maximum atomic E-state index is 13.4. The molecule has 37 heavy (non-hydrogen) atoms. The van der Waals surface area contributed by atoms with E-state index < -0.39 is 0 Å². The van der Waals surface area contributed by atoms with Gasteiger partial charge in [0, 0.05) is 34.8 Å². The van der Waals surface area contributed by atoms with Gasteiger partial charge in [0.05, 0.1) is 29.3 Å². The van der Waals surface area contributed by atoms with E-state index in [9.17, 15) is 9.59 Å². The number of benzene rings is 2. The summed E-state index contributed by atoms with van der Waals surface area (Å²) in [6.45, 7) is 1.47. The highest BCUT2D eigenvalue weighted by atomic mass is 35.5. The van der Waals surface area contributed by atoms with Crippen LogP contribution in [-0.4, -0.2) is 40.6 Å². The second-order valence-corrected chi connectivity index (χ2v) is 9.26. The predicted octanol–water partition coefficient (Wildman–Crippen LogP) is 4.03. The van der Waals surface area contributed by atoms with Crippen LogP contribution in [0.3, 0.4) is 0 Å². The molecule has 0 saturated heterocycles. The number of aromatic nitrogens is 7. The van der Waals surface area contributed by atoms with E-state index in [4.69, 9.17) is 11.6 Å². The number of pyridine rings is 1. The molecule has 2 N–H and O–H groups in total. The standard InChI is InChI=1S/C26H21ClN8O2/c1-15(36)30-21-5-3-2-4-19(21)22-13-28-26(31-22)24-9-7-18-10-16(11-25(37)35(18)24)20-12-17(27)6-8-23(20)34-14-29-32-33-34/h2-6,8,10-14,24H,7,9H2,1H3,(H,28,31)(H,30,36)/t24-/m0/s1. The smallest absolute Gasteiger partial charge is 0.252 e. The molecule has 3 aromatic heterocycles. The number of fused-ring (bicyclic) bond motifs is 1. The number of anilines is 1. The molecule has 0 fully saturated rings. The summed E-state index contributed by atoms with van der Waals surface area (Å²) < 4.78 is 3.33. The number of tetrazole rings is 1. The highest BCUT2D eigenvalue weighted by molar-refractivity contribution is 6.31. The SMILES string of the molecule is CC(=O)Nc1ccccc1-c1cnc([C@@H]2CCc3cc(-c4cc(Cl)ccc4-n4cnnn4)cc(=O)n32)[nH]1. The number of nitrogens with one attached hydrogen (secondary N) is 2. The number of hydrogen-bond donors (Lipinski definition) is 2. The lowest BCUT2D eigenvalue weighted by Gasteiger charge is -2.15. The molecular weight excluding hydrogens is 492 g/mol. The first kappa shape index (κ1) is 22.9. The molecule has 0 spiro atoms. The summed E-state index contributed by atoms with van der Waals surface area (Å²) in [5, 5.41) is 14.8. The number of aryl methyl sites for hydroxylation is 1. The van der Waals surface area contributed by atoms with Crippen LogP contribution >= 0.6 is 11.6 Å². The van der Waals surface area contributed by atoms with Crippen LogP contribution in [0.2, 0.25) is 5.02 Å². The minimum absolute atomic E-state index is 0.130. The van der Waals surface area contributed by atoms with Gasteiger partial charge in [-0.2, -0.15) is 4.68 Å². The topological polar surface area (TPSA) is 123 Å². The third kappa shape index (κ3) is 4.21. The third-order valence-corrected chi connectivity index (χ3v) is 6.67. The van der Waals surface area contributed by atoms with Crippen LogP contribution in [0.25, 0.3) is 28.1 Å². The largest absolute Gasteiger partial charge is 0.340 e. The van der Waals surface area contributed by atoms with Crippen LogP contribution in [-0.2, 0) is 11.2 Å². The fourth-order valence-electron chi connectivity index (χ4n) is 4.88. The number of para-hydroxylation sites is 1. The molecule has 2 aromatic carbocycles. The zero-order valence-corrected chi connectivity index (χ0v) is 20.5. The minimum atomic E-state index is -0.225. The van der Waals surface area contributed by atoms with Gasteiger partial charge in [-0.15, -0.1) is 5.10 Å². The molecule has 4 heterocycles. The van der Waals surface area contributed by atoms with Crippen molar-refractivity contribution in [1.29, 1.82) is 0 Å². The molecule has 1 amide bonds. The zero-order chi connectivity index (χ0) is 25.5. The molecule has 10 nitrogen and oxygen atoms in total. The van der Waals surface area contributed by atoms with Gasteiger partial charge < -0.3 is 14.9 Å². The Morgan fingerprint density at radius 3 is 2.81 bits per heavy atom. The molecule has 1 atom stereocenters. The van der Waals surface area contributed by atoms with E-state index in [1.807, 2.05) is 42.5 Å². The maximum absolute atomic E-state index is 13.4. The molecule has 1 aliphatic rings. The van der Waals surface area contributed by atoms with Crippen LogP contribution in [0, 0.1) is 0 Å². The van der Waals surface area contributed by atoms with Crippen molar-refractivity contribution in [2.24, 2.45) is 0 Å². The lowest BCUT2D eigenvalue weighted by molar-refractivity contribution is -0.114. The maximum Gasteiger partial charge on any atom is 0.252 e. The van der Waals surface area contributed by atoms with E-state index in [-0.39, 0.29) is 17.5 Å². The highest BCUT2D eigenvalue weighted by Gasteiger charge is 2.28. The number of hydrogen-bond acceptors (Lipinski definition) is 6. The molecule has 0 saturated carbocycles. The van der Waals surface area contributed by atoms with Crippen LogP contribution in [0.15, 0.2) is 71.9 Å². The van der Waals surface area contributed by atoms with Crippen molar-refractivity contribution in [3.05, 3.63) is 94.0 Å². The van der Waals surface area contributed by atoms with Crippen LogP contribution in [0.1, 0.15) is 30.9 Å². The molecule has 0 bridgehead atoms. The summed E-state index contributed by atoms with van der Waals surface area (Å²) in [6.07, 6.45) is 4.68. The molecule has 6 rings (SSSR count). The van der Waals surface area contributed by atoms with Crippen LogP contribution in [0.4, 0.5) is 5.69 Å². The second kappa shape index (κ2) is 9.14. The lowest BCUT2D eigenvalue weighted by atomic mass is 10.0. The lowest BCUT2D eigenvalue weighted by Crippen LogP contribution is -2.23. The van der Waals surface area contributed by atoms with E-state index in [0.717, 1.165) is 40.2 Å². The fraction of sp³-hybridized carbons (Fsp3) is 0.154. The van der Waals surface area contributed by atoms with Gasteiger partial charge in [0.25, 0.3) is 5.56 Å². The van der Waals surface area contributed by atoms with Gasteiger partial charge in [-0.05, 0) is 59.2 Å². The molecule has 11 heteroatoms. The van der Waals surface area contributed by atoms with Gasteiger partial charge in [0.1, 0.15) is 12.2 Å². The molecule has 1 aliphatic heterocycles. The summed E-state index contributed by atoms with van der Waals surface area (Å²) in [5.74, 6) is 0.542. The summed E-state index contributed by atoms with van der Waals surface area (Å²) in [5.41, 5.74) is 5.30. The minimum Gasteiger partial charge on any atom is -0.340 e. The van der Waals surface area contributed by atoms with Crippen molar-refractivity contribution in [3.8, 4) is 28.1 Å². The number of carbonyl (C=O) groups excluding carboxylic acids is 1. The Hall–Kier alpha value is -4.57. The quantitative estimate of drug-likeness (QED) is 0.366. The van der Waals surface area contributed by atoms with Crippen molar-refractivity contribution in [3.63, 3.8) is 0 Å². The average Bonchev–Trinajstić information content (AvgIpc) is 3.64. The van der Waals surface area contributed by atoms with Gasteiger partial charge in [-0.3, -0.25) is 9.59 Å². The monoisotopic (exact) mass is 512 g/mol. The Bertz CT molecular complexity index is 1690. The molecule has 184 valence electrons. The number of halogens is 1. The second-order valence-electron chi connectivity index (χ2n) is 8.82. The van der Waals surface area contributed by atoms with Crippen molar-refractivity contribution in [2.75, 3.05) is 5.32 Å². The number of rotatable bonds is 5. The summed E-state index contributed by atoms with van der Waals surface area (Å²) in [6, 6.07) is 16.3. The Morgan fingerprint density at radius 2 is 2.00 bits per heavy atom. The van der Waals surface area contributed by atoms with Crippen molar-refractivity contribution in [2.45, 2.75) is 25.8 Å². The van der Waals surface area contributed by atoms with E-state index >= 15 is 0 Å². The van der Waals surface area contributed by atoms with Gasteiger partial charge in [0.2, 0.25) is 5.91 Å². The Balaban J connectivity index is 1.37. The summed E-state index contributed by atoms with van der Waals surface area (Å²) in [4.78, 5) is 33.0. The first-order chi connectivity index (χ1) is 18.0. The van der Waals surface area contributed by atoms with Crippen LogP contribution < -0.4 is 10.9 Å². The van der Waals surface area contributed by atoms with Gasteiger partial charge >= 0.3 is 0 Å². The Labute approximate surface area is 215 Å². The molecule has 0 unspecified atom stereocenters. The number of carbonyl (C=O) groups is 1. The van der Waals surface area contributed by atoms with Gasteiger partial charge in [0.15, 0.2) is 0 Å². The average molecular weight is 513 g/mol.